The van der Waals surface area contributed by atoms with Gasteiger partial charge in [-0.25, -0.2) is 8.42 Å². The molecule has 7 nitrogen and oxygen atoms in total. The highest BCUT2D eigenvalue weighted by molar-refractivity contribution is 14.0. The summed E-state index contributed by atoms with van der Waals surface area (Å²) >= 11 is 0. The molecule has 9 heteroatoms. The molecule has 0 aromatic heterocycles. The van der Waals surface area contributed by atoms with Crippen LogP contribution in [-0.4, -0.2) is 72.8 Å². The maximum Gasteiger partial charge on any atom is 0.191 e. The number of para-hydroxylation sites is 1. The van der Waals surface area contributed by atoms with Gasteiger partial charge < -0.3 is 20.3 Å². The number of halogens is 1. The lowest BCUT2D eigenvalue weighted by molar-refractivity contribution is 0.154. The molecule has 0 aliphatic carbocycles. The van der Waals surface area contributed by atoms with Crippen molar-refractivity contribution in [3.63, 3.8) is 0 Å². The maximum atomic E-state index is 11.0. The Balaban J connectivity index is 0.00000676. The minimum Gasteiger partial charge on any atom is -0.379 e. The molecular weight excluding hydrogens is 479 g/mol. The SMILES string of the molecule is CCN(CCCNC(=NC)NCCOCCS(C)(=O)=O)c1ccccc1.I. The maximum absolute atomic E-state index is 11.0. The molecule has 2 N–H and O–H groups in total. The molecule has 0 spiro atoms. The van der Waals surface area contributed by atoms with E-state index in [0.717, 1.165) is 32.0 Å². The van der Waals surface area contributed by atoms with E-state index in [-0.39, 0.29) is 36.3 Å². The van der Waals surface area contributed by atoms with E-state index in [9.17, 15) is 8.42 Å². The molecule has 0 aliphatic rings. The smallest absolute Gasteiger partial charge is 0.191 e. The number of sulfone groups is 1. The number of hydrogen-bond acceptors (Lipinski definition) is 5. The van der Waals surface area contributed by atoms with Crippen LogP contribution in [0.4, 0.5) is 5.69 Å². The minimum atomic E-state index is -2.96. The van der Waals surface area contributed by atoms with E-state index in [0.29, 0.717) is 13.2 Å². The van der Waals surface area contributed by atoms with Crippen LogP contribution in [-0.2, 0) is 14.6 Å². The number of guanidine groups is 1. The van der Waals surface area contributed by atoms with Crippen molar-refractivity contribution in [3.8, 4) is 0 Å². The van der Waals surface area contributed by atoms with Crippen LogP contribution in [0.2, 0.25) is 0 Å². The Morgan fingerprint density at radius 3 is 2.41 bits per heavy atom. The van der Waals surface area contributed by atoms with Gasteiger partial charge in [-0.05, 0) is 25.5 Å². The highest BCUT2D eigenvalue weighted by Crippen LogP contribution is 2.12. The van der Waals surface area contributed by atoms with Crippen molar-refractivity contribution in [1.82, 2.24) is 10.6 Å². The summed E-state index contributed by atoms with van der Waals surface area (Å²) in [4.78, 5) is 6.51. The highest BCUT2D eigenvalue weighted by Gasteiger charge is 2.04. The Morgan fingerprint density at radius 1 is 1.15 bits per heavy atom. The second-order valence-corrected chi connectivity index (χ2v) is 8.20. The fourth-order valence-electron chi connectivity index (χ4n) is 2.36. The van der Waals surface area contributed by atoms with Crippen LogP contribution in [0, 0.1) is 0 Å². The number of hydrogen-bond donors (Lipinski definition) is 2. The molecule has 0 saturated heterocycles. The van der Waals surface area contributed by atoms with Gasteiger partial charge in [0.25, 0.3) is 0 Å². The van der Waals surface area contributed by atoms with Gasteiger partial charge in [-0.1, -0.05) is 18.2 Å². The van der Waals surface area contributed by atoms with E-state index in [1.54, 1.807) is 7.05 Å². The molecule has 0 radical (unpaired) electrons. The summed E-state index contributed by atoms with van der Waals surface area (Å²) in [6.07, 6.45) is 2.20. The Bertz CT molecular complexity index is 627. The number of ether oxygens (including phenoxy) is 1. The molecule has 0 bridgehead atoms. The minimum absolute atomic E-state index is 0. The molecular formula is C18H33IN4O3S. The average molecular weight is 512 g/mol. The van der Waals surface area contributed by atoms with Gasteiger partial charge in [-0.2, -0.15) is 0 Å². The number of anilines is 1. The quantitative estimate of drug-likeness (QED) is 0.192. The zero-order chi connectivity index (χ0) is 19.3. The van der Waals surface area contributed by atoms with Gasteiger partial charge in [-0.15, -0.1) is 24.0 Å². The zero-order valence-electron chi connectivity index (χ0n) is 16.5. The van der Waals surface area contributed by atoms with Crippen molar-refractivity contribution < 1.29 is 13.2 Å². The molecule has 0 fully saturated rings. The highest BCUT2D eigenvalue weighted by atomic mass is 127. The standard InChI is InChI=1S/C18H32N4O3S.HI/c1-4-22(17-9-6-5-7-10-17)13-8-11-20-18(19-2)21-12-14-25-15-16-26(3,23)24;/h5-7,9-10H,4,8,11-16H2,1-3H3,(H2,19,20,21);1H. The molecule has 1 aromatic rings. The Hall–Kier alpha value is -1.07. The lowest BCUT2D eigenvalue weighted by Gasteiger charge is -2.23. The van der Waals surface area contributed by atoms with E-state index in [2.05, 4.69) is 51.7 Å². The van der Waals surface area contributed by atoms with Gasteiger partial charge in [-0.3, -0.25) is 4.99 Å². The molecule has 0 amide bonds. The molecule has 0 aliphatic heterocycles. The van der Waals surface area contributed by atoms with E-state index in [4.69, 9.17) is 4.74 Å². The Labute approximate surface area is 180 Å². The van der Waals surface area contributed by atoms with Crippen LogP contribution < -0.4 is 15.5 Å². The van der Waals surface area contributed by atoms with Crippen LogP contribution in [0.25, 0.3) is 0 Å². The summed E-state index contributed by atoms with van der Waals surface area (Å²) in [6, 6.07) is 10.4. The van der Waals surface area contributed by atoms with Crippen molar-refractivity contribution in [3.05, 3.63) is 30.3 Å². The summed E-state index contributed by atoms with van der Waals surface area (Å²) in [5.41, 5.74) is 1.24. The van der Waals surface area contributed by atoms with Crippen molar-refractivity contribution in [2.45, 2.75) is 13.3 Å². The third-order valence-electron chi connectivity index (χ3n) is 3.76. The number of benzene rings is 1. The summed E-state index contributed by atoms with van der Waals surface area (Å²) < 4.78 is 27.3. The monoisotopic (exact) mass is 512 g/mol. The van der Waals surface area contributed by atoms with Crippen LogP contribution >= 0.6 is 24.0 Å². The number of rotatable bonds is 12. The Kier molecular flexibility index (Phi) is 14.3. The molecule has 1 aromatic carbocycles. The first-order chi connectivity index (χ1) is 12.5. The molecule has 156 valence electrons. The van der Waals surface area contributed by atoms with Gasteiger partial charge in [0.05, 0.1) is 19.0 Å². The number of aliphatic imine (C=N–C) groups is 1. The largest absolute Gasteiger partial charge is 0.379 e. The average Bonchev–Trinajstić information content (AvgIpc) is 2.62. The van der Waals surface area contributed by atoms with Crippen molar-refractivity contribution in [1.29, 1.82) is 0 Å². The first-order valence-corrected chi connectivity index (χ1v) is 11.0. The molecule has 0 heterocycles. The topological polar surface area (TPSA) is 83.0 Å². The van der Waals surface area contributed by atoms with Crippen molar-refractivity contribution in [2.24, 2.45) is 4.99 Å². The molecule has 27 heavy (non-hydrogen) atoms. The van der Waals surface area contributed by atoms with Gasteiger partial charge in [0.1, 0.15) is 9.84 Å². The fraction of sp³-hybridized carbons (Fsp3) is 0.611. The molecule has 0 atom stereocenters. The summed E-state index contributed by atoms with van der Waals surface area (Å²) in [6.45, 7) is 6.16. The first kappa shape index (κ1) is 25.9. The molecule has 1 rings (SSSR count). The summed E-state index contributed by atoms with van der Waals surface area (Å²) in [5.74, 6) is 0.773. The second-order valence-electron chi connectivity index (χ2n) is 5.94. The van der Waals surface area contributed by atoms with E-state index >= 15 is 0 Å². The zero-order valence-corrected chi connectivity index (χ0v) is 19.6. The lowest BCUT2D eigenvalue weighted by Crippen LogP contribution is -2.40. The van der Waals surface area contributed by atoms with Gasteiger partial charge in [0.2, 0.25) is 0 Å². The summed E-state index contributed by atoms with van der Waals surface area (Å²) in [5, 5.41) is 6.43. The van der Waals surface area contributed by atoms with Gasteiger partial charge in [0, 0.05) is 45.2 Å². The second kappa shape index (κ2) is 14.9. The first-order valence-electron chi connectivity index (χ1n) is 8.96. The third-order valence-corrected chi connectivity index (χ3v) is 4.67. The van der Waals surface area contributed by atoms with Gasteiger partial charge >= 0.3 is 0 Å². The number of nitrogens with zero attached hydrogens (tertiary/aromatic N) is 2. The number of nitrogens with one attached hydrogen (secondary N) is 2. The molecule has 0 unspecified atom stereocenters. The van der Waals surface area contributed by atoms with Crippen LogP contribution in [0.15, 0.2) is 35.3 Å². The van der Waals surface area contributed by atoms with E-state index < -0.39 is 9.84 Å². The van der Waals surface area contributed by atoms with Crippen molar-refractivity contribution >= 4 is 45.5 Å². The predicted molar refractivity (Wildman–Crippen MR) is 124 cm³/mol. The van der Waals surface area contributed by atoms with Gasteiger partial charge in [0.15, 0.2) is 5.96 Å². The van der Waals surface area contributed by atoms with Crippen molar-refractivity contribution in [2.75, 3.05) is 63.3 Å². The fourth-order valence-corrected chi connectivity index (χ4v) is 2.78. The normalized spacial score (nSPS) is 11.6. The van der Waals surface area contributed by atoms with Crippen LogP contribution in [0.5, 0.6) is 0 Å². The van der Waals surface area contributed by atoms with Crippen LogP contribution in [0.1, 0.15) is 13.3 Å². The third kappa shape index (κ3) is 12.9. The lowest BCUT2D eigenvalue weighted by atomic mass is 10.2. The van der Waals surface area contributed by atoms with E-state index in [1.165, 1.54) is 11.9 Å². The van der Waals surface area contributed by atoms with E-state index in [1.807, 2.05) is 6.07 Å². The Morgan fingerprint density at radius 2 is 1.81 bits per heavy atom. The predicted octanol–water partition coefficient (Wildman–Crippen LogP) is 1.75. The molecule has 0 saturated carbocycles. The van der Waals surface area contributed by atoms with Crippen LogP contribution in [0.3, 0.4) is 0 Å². The summed E-state index contributed by atoms with van der Waals surface area (Å²) in [7, 11) is -1.24.